The average molecular weight is 337 g/mol. The minimum Gasteiger partial charge on any atom is -0.355 e. The maximum atomic E-state index is 11.8. The molecule has 0 saturated carbocycles. The van der Waals surface area contributed by atoms with Gasteiger partial charge in [-0.2, -0.15) is 0 Å². The molecule has 6 nitrogen and oxygen atoms in total. The van der Waals surface area contributed by atoms with Crippen molar-refractivity contribution in [3.8, 4) is 0 Å². The largest absolute Gasteiger partial charge is 0.355 e. The van der Waals surface area contributed by atoms with E-state index >= 15 is 0 Å². The van der Waals surface area contributed by atoms with E-state index in [1.807, 2.05) is 0 Å². The van der Waals surface area contributed by atoms with E-state index in [2.05, 4.69) is 29.8 Å². The molecule has 0 aliphatic carbocycles. The second kappa shape index (κ2) is 13.0. The number of carbonyl (C=O) groups excluding carboxylic acids is 3. The van der Waals surface area contributed by atoms with Crippen LogP contribution in [0.5, 0.6) is 0 Å². The van der Waals surface area contributed by atoms with Crippen LogP contribution < -0.4 is 16.0 Å². The van der Waals surface area contributed by atoms with Gasteiger partial charge >= 0.3 is 0 Å². The van der Waals surface area contributed by atoms with E-state index in [4.69, 9.17) is 7.85 Å². The lowest BCUT2D eigenvalue weighted by Gasteiger charge is -2.15. The summed E-state index contributed by atoms with van der Waals surface area (Å²) >= 11 is 0. The smallest absolute Gasteiger partial charge is 0.232 e. The molecule has 0 saturated heterocycles. The Kier molecular flexibility index (Phi) is 12.2. The normalized spacial score (nSPS) is 12.2. The Balaban J connectivity index is 3.75. The van der Waals surface area contributed by atoms with Gasteiger partial charge < -0.3 is 16.0 Å². The van der Waals surface area contributed by atoms with Gasteiger partial charge in [0.2, 0.25) is 11.8 Å². The number of amides is 2. The van der Waals surface area contributed by atoms with Gasteiger partial charge in [-0.1, -0.05) is 34.1 Å². The lowest BCUT2D eigenvalue weighted by atomic mass is 9.95. The zero-order valence-electron chi connectivity index (χ0n) is 15.5. The van der Waals surface area contributed by atoms with Gasteiger partial charge in [-0.3, -0.25) is 14.4 Å². The summed E-state index contributed by atoms with van der Waals surface area (Å²) < 4.78 is 0. The first kappa shape index (κ1) is 22.6. The molecule has 0 bridgehead atoms. The Morgan fingerprint density at radius 3 is 2.12 bits per heavy atom. The summed E-state index contributed by atoms with van der Waals surface area (Å²) in [7, 11) is 5.64. The summed E-state index contributed by atoms with van der Waals surface area (Å²) in [6.45, 7) is 9.30. The summed E-state index contributed by atoms with van der Waals surface area (Å²) in [6.07, 6.45) is 3.16. The monoisotopic (exact) mass is 337 g/mol. The van der Waals surface area contributed by atoms with Crippen LogP contribution in [0.25, 0.3) is 0 Å². The molecule has 1 atom stereocenters. The van der Waals surface area contributed by atoms with Crippen LogP contribution in [0.2, 0.25) is 0 Å². The van der Waals surface area contributed by atoms with E-state index in [-0.39, 0.29) is 30.4 Å². The van der Waals surface area contributed by atoms with E-state index in [1.165, 1.54) is 0 Å². The molecule has 0 spiro atoms. The van der Waals surface area contributed by atoms with Crippen LogP contribution in [-0.2, 0) is 14.4 Å². The number of Topliss-reactive ketones (excluding diaryl/α,β-unsaturated/α-hetero) is 1. The van der Waals surface area contributed by atoms with Crippen LogP contribution in [0.3, 0.4) is 0 Å². The van der Waals surface area contributed by atoms with E-state index in [0.717, 1.165) is 25.8 Å². The number of unbranched alkanes of at least 4 members (excludes halogenated alkanes) is 2. The Morgan fingerprint density at radius 2 is 1.54 bits per heavy atom. The summed E-state index contributed by atoms with van der Waals surface area (Å²) in [5.41, 5.74) is 0. The van der Waals surface area contributed by atoms with Gasteiger partial charge in [0.15, 0.2) is 0 Å². The number of carbonyl (C=O) groups is 3. The van der Waals surface area contributed by atoms with Crippen molar-refractivity contribution in [3.63, 3.8) is 0 Å². The van der Waals surface area contributed by atoms with Crippen LogP contribution in [0.1, 0.15) is 59.8 Å². The molecule has 3 N–H and O–H groups in total. The third-order valence-electron chi connectivity index (χ3n) is 3.55. The van der Waals surface area contributed by atoms with Gasteiger partial charge in [0.05, 0.1) is 5.94 Å². The molecule has 0 aromatic heterocycles. The minimum atomic E-state index is -1.07. The molecule has 0 rings (SSSR count). The maximum absolute atomic E-state index is 11.8. The standard InChI is InChI=1S/C17H32BN3O3/c1-12(2)14(22)8-9-15(23)21-16(18)17(24)20-11-7-5-6-10-19-13(3)4/h12-13,16,19H,5-11H2,1-4H3,(H,20,24)(H,21,23). The van der Waals surface area contributed by atoms with Gasteiger partial charge in [-0.05, 0) is 19.4 Å². The molecule has 2 amide bonds. The van der Waals surface area contributed by atoms with Crippen LogP contribution in [-0.4, -0.2) is 50.5 Å². The first-order valence-electron chi connectivity index (χ1n) is 8.82. The van der Waals surface area contributed by atoms with Crippen molar-refractivity contribution >= 4 is 25.4 Å². The number of rotatable bonds is 13. The van der Waals surface area contributed by atoms with Gasteiger partial charge in [0.25, 0.3) is 0 Å². The Labute approximate surface area is 147 Å². The first-order valence-corrected chi connectivity index (χ1v) is 8.82. The highest BCUT2D eigenvalue weighted by Gasteiger charge is 2.16. The lowest BCUT2D eigenvalue weighted by Crippen LogP contribution is -2.47. The predicted molar refractivity (Wildman–Crippen MR) is 96.8 cm³/mol. The predicted octanol–water partition coefficient (Wildman–Crippen LogP) is 0.887. The highest BCUT2D eigenvalue weighted by atomic mass is 16.2. The van der Waals surface area contributed by atoms with Gasteiger partial charge in [-0.25, -0.2) is 0 Å². The Hall–Kier alpha value is -1.37. The average Bonchev–Trinajstić information content (AvgIpc) is 2.50. The molecule has 0 heterocycles. The van der Waals surface area contributed by atoms with Crippen molar-refractivity contribution in [3.05, 3.63) is 0 Å². The topological polar surface area (TPSA) is 87.3 Å². The SMILES string of the molecule is [B]C(NC(=O)CCC(=O)C(C)C)C(=O)NCCCCCNC(C)C. The van der Waals surface area contributed by atoms with E-state index in [0.29, 0.717) is 12.6 Å². The van der Waals surface area contributed by atoms with E-state index in [1.54, 1.807) is 13.8 Å². The summed E-state index contributed by atoms with van der Waals surface area (Å²) in [4.78, 5) is 34.9. The molecule has 24 heavy (non-hydrogen) atoms. The molecule has 1 unspecified atom stereocenters. The van der Waals surface area contributed by atoms with Crippen molar-refractivity contribution in [2.24, 2.45) is 5.92 Å². The molecule has 2 radical (unpaired) electrons. The fraction of sp³-hybridized carbons (Fsp3) is 0.824. The summed E-state index contributed by atoms with van der Waals surface area (Å²) in [5.74, 6) is -1.93. The molecule has 0 aromatic carbocycles. The highest BCUT2D eigenvalue weighted by Crippen LogP contribution is 2.01. The van der Waals surface area contributed by atoms with Gasteiger partial charge in [0.1, 0.15) is 13.6 Å². The summed E-state index contributed by atoms with van der Waals surface area (Å²) in [6, 6.07) is 0.488. The summed E-state index contributed by atoms with van der Waals surface area (Å²) in [5, 5.41) is 8.45. The molecule has 0 aromatic rings. The number of hydrogen-bond donors (Lipinski definition) is 3. The second-order valence-electron chi connectivity index (χ2n) is 6.63. The minimum absolute atomic E-state index is 0.0233. The number of nitrogens with one attached hydrogen (secondary N) is 3. The van der Waals surface area contributed by atoms with Crippen molar-refractivity contribution < 1.29 is 14.4 Å². The lowest BCUT2D eigenvalue weighted by molar-refractivity contribution is -0.129. The zero-order valence-corrected chi connectivity index (χ0v) is 15.5. The van der Waals surface area contributed by atoms with Crippen LogP contribution in [0, 0.1) is 5.92 Å². The molecule has 0 aliphatic rings. The van der Waals surface area contributed by atoms with Crippen molar-refractivity contribution in [2.75, 3.05) is 13.1 Å². The molecular formula is C17H32BN3O3. The first-order chi connectivity index (χ1) is 11.2. The third kappa shape index (κ3) is 12.1. The Bertz CT molecular complexity index is 401. The van der Waals surface area contributed by atoms with Gasteiger partial charge in [0, 0.05) is 31.3 Å². The zero-order chi connectivity index (χ0) is 18.5. The van der Waals surface area contributed by atoms with Gasteiger partial charge in [-0.15, -0.1) is 0 Å². The molecule has 0 fully saturated rings. The fourth-order valence-corrected chi connectivity index (χ4v) is 1.98. The molecule has 0 aliphatic heterocycles. The van der Waals surface area contributed by atoms with Crippen molar-refractivity contribution in [1.29, 1.82) is 0 Å². The molecule has 7 heteroatoms. The van der Waals surface area contributed by atoms with Crippen LogP contribution >= 0.6 is 0 Å². The van der Waals surface area contributed by atoms with E-state index < -0.39 is 11.8 Å². The van der Waals surface area contributed by atoms with Crippen molar-refractivity contribution in [2.45, 2.75) is 71.8 Å². The number of ketones is 1. The van der Waals surface area contributed by atoms with Crippen LogP contribution in [0.15, 0.2) is 0 Å². The fourth-order valence-electron chi connectivity index (χ4n) is 1.98. The molecular weight excluding hydrogens is 305 g/mol. The number of hydrogen-bond acceptors (Lipinski definition) is 4. The van der Waals surface area contributed by atoms with Crippen LogP contribution in [0.4, 0.5) is 0 Å². The quantitative estimate of drug-likeness (QED) is 0.344. The highest BCUT2D eigenvalue weighted by molar-refractivity contribution is 6.25. The second-order valence-corrected chi connectivity index (χ2v) is 6.63. The third-order valence-corrected chi connectivity index (χ3v) is 3.55. The molecule has 136 valence electrons. The van der Waals surface area contributed by atoms with E-state index in [9.17, 15) is 14.4 Å². The van der Waals surface area contributed by atoms with Crippen molar-refractivity contribution in [1.82, 2.24) is 16.0 Å². The Morgan fingerprint density at radius 1 is 0.917 bits per heavy atom. The maximum Gasteiger partial charge on any atom is 0.232 e.